The van der Waals surface area contributed by atoms with Gasteiger partial charge in [-0.3, -0.25) is 4.79 Å². The van der Waals surface area contributed by atoms with Crippen LogP contribution in [0.15, 0.2) is 30.3 Å². The zero-order valence-corrected chi connectivity index (χ0v) is 14.0. The Morgan fingerprint density at radius 2 is 1.90 bits per heavy atom. The molecule has 0 saturated carbocycles. The van der Waals surface area contributed by atoms with Crippen LogP contribution in [0.1, 0.15) is 52.1 Å². The fraction of sp³-hybridized carbons (Fsp3) is 0.562. The molecule has 1 N–H and O–H groups in total. The highest BCUT2D eigenvalue weighted by molar-refractivity contribution is 7.84. The van der Waals surface area contributed by atoms with Crippen molar-refractivity contribution in [2.75, 3.05) is 6.61 Å². The summed E-state index contributed by atoms with van der Waals surface area (Å²) in [7, 11) is -1.19. The lowest BCUT2D eigenvalue weighted by Gasteiger charge is -2.24. The average Bonchev–Trinajstić information content (AvgIpc) is 2.43. The van der Waals surface area contributed by atoms with Gasteiger partial charge in [-0.2, -0.15) is 0 Å². The van der Waals surface area contributed by atoms with Gasteiger partial charge < -0.3 is 4.74 Å². The van der Waals surface area contributed by atoms with Crippen molar-refractivity contribution in [3.8, 4) is 0 Å². The predicted molar refractivity (Wildman–Crippen MR) is 86.1 cm³/mol. The lowest BCUT2D eigenvalue weighted by atomic mass is 10.0. The number of hydrogen-bond acceptors (Lipinski definition) is 3. The van der Waals surface area contributed by atoms with Crippen molar-refractivity contribution in [1.82, 2.24) is 4.72 Å². The molecule has 0 amide bonds. The first kappa shape index (κ1) is 17.9. The highest BCUT2D eigenvalue weighted by Crippen LogP contribution is 2.21. The molecule has 1 aromatic rings. The second-order valence-corrected chi connectivity index (χ2v) is 7.80. The molecule has 1 rings (SSSR count). The van der Waals surface area contributed by atoms with Crippen LogP contribution in [-0.2, 0) is 20.5 Å². The molecular weight excluding hydrogens is 286 g/mol. The van der Waals surface area contributed by atoms with Crippen molar-refractivity contribution in [2.24, 2.45) is 0 Å². The van der Waals surface area contributed by atoms with Crippen LogP contribution < -0.4 is 4.72 Å². The minimum atomic E-state index is -1.19. The molecule has 0 saturated heterocycles. The first-order chi connectivity index (χ1) is 9.84. The lowest BCUT2D eigenvalue weighted by Crippen LogP contribution is -2.36. The van der Waals surface area contributed by atoms with Crippen molar-refractivity contribution in [1.29, 1.82) is 0 Å². The highest BCUT2D eigenvalue weighted by Gasteiger charge is 2.24. The first-order valence-electron chi connectivity index (χ1n) is 7.23. The molecule has 4 nitrogen and oxygen atoms in total. The SMILES string of the molecule is CCOC(=O)CC[C@@H](NS(=O)C(C)(C)C)c1ccccc1. The molecule has 2 atom stereocenters. The number of hydrogen-bond donors (Lipinski definition) is 1. The van der Waals surface area contributed by atoms with E-state index in [-0.39, 0.29) is 16.8 Å². The second kappa shape index (κ2) is 8.29. The lowest BCUT2D eigenvalue weighted by molar-refractivity contribution is -0.143. The number of ether oxygens (including phenoxy) is 1. The van der Waals surface area contributed by atoms with E-state index in [4.69, 9.17) is 4.74 Å². The van der Waals surface area contributed by atoms with Crippen LogP contribution in [0, 0.1) is 0 Å². The second-order valence-electron chi connectivity index (χ2n) is 5.81. The monoisotopic (exact) mass is 311 g/mol. The highest BCUT2D eigenvalue weighted by atomic mass is 32.2. The molecule has 21 heavy (non-hydrogen) atoms. The molecule has 0 fully saturated rings. The van der Waals surface area contributed by atoms with Gasteiger partial charge in [-0.1, -0.05) is 30.3 Å². The van der Waals surface area contributed by atoms with Gasteiger partial charge in [-0.15, -0.1) is 0 Å². The molecule has 0 aliphatic rings. The summed E-state index contributed by atoms with van der Waals surface area (Å²) >= 11 is 0. The molecule has 118 valence electrons. The average molecular weight is 311 g/mol. The van der Waals surface area contributed by atoms with E-state index in [1.54, 1.807) is 6.92 Å². The van der Waals surface area contributed by atoms with Gasteiger partial charge in [0.1, 0.15) is 0 Å². The molecule has 0 bridgehead atoms. The Hall–Kier alpha value is -1.20. The van der Waals surface area contributed by atoms with Gasteiger partial charge in [0, 0.05) is 12.5 Å². The minimum Gasteiger partial charge on any atom is -0.466 e. The summed E-state index contributed by atoms with van der Waals surface area (Å²) in [6.45, 7) is 7.94. The summed E-state index contributed by atoms with van der Waals surface area (Å²) in [6.07, 6.45) is 0.867. The number of carbonyl (C=O) groups excluding carboxylic acids is 1. The van der Waals surface area contributed by atoms with Crippen molar-refractivity contribution < 1.29 is 13.7 Å². The Balaban J connectivity index is 2.76. The molecule has 0 aromatic heterocycles. The van der Waals surface area contributed by atoms with Gasteiger partial charge in [-0.05, 0) is 39.7 Å². The van der Waals surface area contributed by atoms with E-state index in [9.17, 15) is 9.00 Å². The molecule has 5 heteroatoms. The maximum absolute atomic E-state index is 12.3. The molecule has 1 aromatic carbocycles. The third-order valence-corrected chi connectivity index (χ3v) is 4.56. The zero-order chi connectivity index (χ0) is 15.9. The van der Waals surface area contributed by atoms with E-state index in [0.717, 1.165) is 5.56 Å². The Morgan fingerprint density at radius 1 is 1.29 bits per heavy atom. The van der Waals surface area contributed by atoms with Crippen LogP contribution in [0.25, 0.3) is 0 Å². The summed E-state index contributed by atoms with van der Waals surface area (Å²) in [5.74, 6) is -0.221. The Bertz CT molecular complexity index is 468. The van der Waals surface area contributed by atoms with E-state index in [1.165, 1.54) is 0 Å². The molecule has 0 aliphatic heterocycles. The Morgan fingerprint density at radius 3 is 2.43 bits per heavy atom. The fourth-order valence-electron chi connectivity index (χ4n) is 1.78. The number of nitrogens with one attached hydrogen (secondary N) is 1. The zero-order valence-electron chi connectivity index (χ0n) is 13.2. The third kappa shape index (κ3) is 6.40. The van der Waals surface area contributed by atoms with Crippen LogP contribution >= 0.6 is 0 Å². The van der Waals surface area contributed by atoms with Crippen molar-refractivity contribution >= 4 is 17.0 Å². The number of esters is 1. The van der Waals surface area contributed by atoms with Crippen LogP contribution in [0.5, 0.6) is 0 Å². The molecule has 0 radical (unpaired) electrons. The fourth-order valence-corrected chi connectivity index (χ4v) is 2.65. The third-order valence-electron chi connectivity index (χ3n) is 2.95. The summed E-state index contributed by atoms with van der Waals surface area (Å²) in [4.78, 5) is 11.5. The van der Waals surface area contributed by atoms with Gasteiger partial charge in [0.05, 0.1) is 22.3 Å². The Labute approximate surface area is 129 Å². The van der Waals surface area contributed by atoms with E-state index in [2.05, 4.69) is 4.72 Å². The standard InChI is InChI=1S/C16H25NO3S/c1-5-20-15(18)12-11-14(13-9-7-6-8-10-13)17-21(19)16(2,3)4/h6-10,14,17H,5,11-12H2,1-4H3/t14-,21?/m1/s1. The molecule has 0 aliphatic carbocycles. The van der Waals surface area contributed by atoms with E-state index in [0.29, 0.717) is 19.4 Å². The van der Waals surface area contributed by atoms with Crippen molar-refractivity contribution in [2.45, 2.75) is 51.3 Å². The maximum atomic E-state index is 12.3. The van der Waals surface area contributed by atoms with Gasteiger partial charge in [-0.25, -0.2) is 8.93 Å². The summed E-state index contributed by atoms with van der Waals surface area (Å²) < 4.78 is 20.0. The smallest absolute Gasteiger partial charge is 0.305 e. The van der Waals surface area contributed by atoms with Crippen LogP contribution in [0.4, 0.5) is 0 Å². The van der Waals surface area contributed by atoms with Gasteiger partial charge in [0.25, 0.3) is 0 Å². The van der Waals surface area contributed by atoms with E-state index >= 15 is 0 Å². The molecule has 0 spiro atoms. The topological polar surface area (TPSA) is 55.4 Å². The summed E-state index contributed by atoms with van der Waals surface area (Å²) in [5, 5.41) is 0. The molecular formula is C16H25NO3S. The minimum absolute atomic E-state index is 0.129. The van der Waals surface area contributed by atoms with Gasteiger partial charge in [0.2, 0.25) is 0 Å². The van der Waals surface area contributed by atoms with E-state index in [1.807, 2.05) is 51.1 Å². The van der Waals surface area contributed by atoms with Crippen LogP contribution in [-0.4, -0.2) is 21.5 Å². The molecule has 0 heterocycles. The number of benzene rings is 1. The quantitative estimate of drug-likeness (QED) is 0.787. The number of carbonyl (C=O) groups is 1. The van der Waals surface area contributed by atoms with Crippen LogP contribution in [0.2, 0.25) is 0 Å². The van der Waals surface area contributed by atoms with Crippen molar-refractivity contribution in [3.05, 3.63) is 35.9 Å². The van der Waals surface area contributed by atoms with Gasteiger partial charge >= 0.3 is 5.97 Å². The van der Waals surface area contributed by atoms with Crippen LogP contribution in [0.3, 0.4) is 0 Å². The van der Waals surface area contributed by atoms with E-state index < -0.39 is 11.0 Å². The number of rotatable bonds is 7. The summed E-state index contributed by atoms with van der Waals surface area (Å²) in [6, 6.07) is 9.64. The molecule has 1 unspecified atom stereocenters. The largest absolute Gasteiger partial charge is 0.466 e. The normalized spacial score (nSPS) is 14.5. The summed E-state index contributed by atoms with van der Waals surface area (Å²) in [5.41, 5.74) is 1.03. The maximum Gasteiger partial charge on any atom is 0.305 e. The van der Waals surface area contributed by atoms with Gasteiger partial charge in [0.15, 0.2) is 0 Å². The van der Waals surface area contributed by atoms with Crippen molar-refractivity contribution in [3.63, 3.8) is 0 Å². The predicted octanol–water partition coefficient (Wildman–Crippen LogP) is 3.12. The first-order valence-corrected chi connectivity index (χ1v) is 8.38. The Kier molecular flexibility index (Phi) is 7.05.